The van der Waals surface area contributed by atoms with Gasteiger partial charge in [-0.2, -0.15) is 4.52 Å². The van der Waals surface area contributed by atoms with E-state index in [0.29, 0.717) is 22.3 Å². The molecule has 1 aromatic carbocycles. The Morgan fingerprint density at radius 3 is 2.79 bits per heavy atom. The van der Waals surface area contributed by atoms with Crippen molar-refractivity contribution in [2.24, 2.45) is 0 Å². The molecule has 0 radical (unpaired) electrons. The van der Waals surface area contributed by atoms with Crippen LogP contribution in [0.15, 0.2) is 30.3 Å². The van der Waals surface area contributed by atoms with Crippen LogP contribution in [0.3, 0.4) is 0 Å². The van der Waals surface area contributed by atoms with Gasteiger partial charge in [0, 0.05) is 6.42 Å². The highest BCUT2D eigenvalue weighted by atomic mass is 32.1. The lowest BCUT2D eigenvalue weighted by molar-refractivity contribution is -0.122. The molecule has 0 bridgehead atoms. The van der Waals surface area contributed by atoms with Crippen LogP contribution in [0.5, 0.6) is 5.75 Å². The number of nitrogens with one attached hydrogen (secondary N) is 1. The van der Waals surface area contributed by atoms with Crippen LogP contribution in [0.4, 0.5) is 5.13 Å². The van der Waals surface area contributed by atoms with Crippen LogP contribution in [-0.2, 0) is 11.2 Å². The number of fused-ring (bicyclic) bond motifs is 1. The molecular formula is C16H19N5O2S. The number of benzene rings is 1. The van der Waals surface area contributed by atoms with Crippen LogP contribution >= 0.6 is 11.3 Å². The molecule has 0 aliphatic carbocycles. The Morgan fingerprint density at radius 1 is 1.29 bits per heavy atom. The fraction of sp³-hybridized carbons (Fsp3) is 0.375. The topological polar surface area (TPSA) is 81.4 Å². The largest absolute Gasteiger partial charge is 0.481 e. The third-order valence-corrected chi connectivity index (χ3v) is 4.26. The summed E-state index contributed by atoms with van der Waals surface area (Å²) in [5, 5.41) is 15.9. The second kappa shape index (κ2) is 7.39. The minimum atomic E-state index is -0.572. The van der Waals surface area contributed by atoms with Crippen molar-refractivity contribution in [1.29, 1.82) is 0 Å². The summed E-state index contributed by atoms with van der Waals surface area (Å²) in [5.74, 6) is 1.25. The van der Waals surface area contributed by atoms with Crippen LogP contribution in [0.1, 0.15) is 32.5 Å². The van der Waals surface area contributed by atoms with E-state index in [1.807, 2.05) is 37.3 Å². The number of hydrogen-bond acceptors (Lipinski definition) is 6. The van der Waals surface area contributed by atoms with E-state index < -0.39 is 6.10 Å². The van der Waals surface area contributed by atoms with Crippen molar-refractivity contribution < 1.29 is 9.53 Å². The molecule has 3 rings (SSSR count). The molecule has 1 amide bonds. The van der Waals surface area contributed by atoms with Crippen molar-refractivity contribution in [2.75, 3.05) is 5.32 Å². The van der Waals surface area contributed by atoms with Gasteiger partial charge in [-0.1, -0.05) is 43.4 Å². The summed E-state index contributed by atoms with van der Waals surface area (Å²) in [4.78, 5) is 13.1. The summed E-state index contributed by atoms with van der Waals surface area (Å²) >= 11 is 1.30. The van der Waals surface area contributed by atoms with E-state index in [1.165, 1.54) is 11.3 Å². The Bertz CT molecular complexity index is 814. The molecule has 3 aromatic rings. The predicted octanol–water partition coefficient (Wildman–Crippen LogP) is 2.93. The van der Waals surface area contributed by atoms with E-state index in [0.717, 1.165) is 18.7 Å². The number of aryl methyl sites for hydroxylation is 1. The van der Waals surface area contributed by atoms with Crippen LogP contribution in [-0.4, -0.2) is 31.8 Å². The van der Waals surface area contributed by atoms with E-state index in [4.69, 9.17) is 4.74 Å². The van der Waals surface area contributed by atoms with Gasteiger partial charge in [0.2, 0.25) is 10.1 Å². The highest BCUT2D eigenvalue weighted by Crippen LogP contribution is 2.20. The Labute approximate surface area is 143 Å². The highest BCUT2D eigenvalue weighted by molar-refractivity contribution is 7.20. The van der Waals surface area contributed by atoms with Gasteiger partial charge in [0.05, 0.1) is 0 Å². The summed E-state index contributed by atoms with van der Waals surface area (Å²) in [5.41, 5.74) is 0. The molecule has 2 heterocycles. The van der Waals surface area contributed by atoms with Gasteiger partial charge >= 0.3 is 0 Å². The van der Waals surface area contributed by atoms with E-state index in [1.54, 1.807) is 4.52 Å². The minimum Gasteiger partial charge on any atom is -0.481 e. The average molecular weight is 345 g/mol. The number of hydrogen-bond donors (Lipinski definition) is 1. The van der Waals surface area contributed by atoms with Gasteiger partial charge in [-0.05, 0) is 25.0 Å². The number of amides is 1. The normalized spacial score (nSPS) is 12.2. The zero-order valence-corrected chi connectivity index (χ0v) is 14.4. The summed E-state index contributed by atoms with van der Waals surface area (Å²) in [6.45, 7) is 3.98. The number of para-hydroxylation sites is 1. The first-order valence-electron chi connectivity index (χ1n) is 7.95. The van der Waals surface area contributed by atoms with Gasteiger partial charge in [-0.15, -0.1) is 15.3 Å². The molecule has 1 atom stereocenters. The quantitative estimate of drug-likeness (QED) is 0.712. The van der Waals surface area contributed by atoms with Crippen LogP contribution in [0.2, 0.25) is 0 Å². The van der Waals surface area contributed by atoms with Gasteiger partial charge in [0.1, 0.15) is 5.75 Å². The maximum atomic E-state index is 12.4. The molecule has 7 nitrogen and oxygen atoms in total. The molecule has 0 fully saturated rings. The average Bonchev–Trinajstić information content (AvgIpc) is 3.15. The fourth-order valence-electron chi connectivity index (χ4n) is 2.26. The summed E-state index contributed by atoms with van der Waals surface area (Å²) in [7, 11) is 0. The molecule has 0 spiro atoms. The van der Waals surface area contributed by atoms with Gasteiger partial charge in [0.15, 0.2) is 11.9 Å². The monoisotopic (exact) mass is 345 g/mol. The lowest BCUT2D eigenvalue weighted by atomic mass is 10.2. The second-order valence-electron chi connectivity index (χ2n) is 5.28. The number of carbonyl (C=O) groups is 1. The Balaban J connectivity index is 1.70. The third-order valence-electron chi connectivity index (χ3n) is 3.44. The zero-order valence-electron chi connectivity index (χ0n) is 13.6. The molecule has 126 valence electrons. The molecule has 0 aliphatic rings. The van der Waals surface area contributed by atoms with Crippen LogP contribution < -0.4 is 10.1 Å². The van der Waals surface area contributed by atoms with Crippen LogP contribution in [0, 0.1) is 0 Å². The number of rotatable bonds is 7. The van der Waals surface area contributed by atoms with E-state index in [2.05, 4.69) is 27.5 Å². The predicted molar refractivity (Wildman–Crippen MR) is 92.4 cm³/mol. The number of nitrogens with zero attached hydrogens (tertiary/aromatic N) is 4. The van der Waals surface area contributed by atoms with Crippen molar-refractivity contribution in [3.8, 4) is 5.75 Å². The first-order valence-corrected chi connectivity index (χ1v) is 8.76. The van der Waals surface area contributed by atoms with E-state index >= 15 is 0 Å². The van der Waals surface area contributed by atoms with Crippen molar-refractivity contribution in [3.05, 3.63) is 36.2 Å². The second-order valence-corrected chi connectivity index (χ2v) is 6.24. The number of anilines is 1. The summed E-state index contributed by atoms with van der Waals surface area (Å²) in [6.07, 6.45) is 1.75. The fourth-order valence-corrected chi connectivity index (χ4v) is 3.02. The van der Waals surface area contributed by atoms with Gasteiger partial charge in [-0.25, -0.2) is 0 Å². The van der Waals surface area contributed by atoms with Crippen molar-refractivity contribution >= 4 is 27.3 Å². The molecular weight excluding hydrogens is 326 g/mol. The molecule has 0 aliphatic heterocycles. The molecule has 0 saturated carbocycles. The SMILES string of the molecule is CCCc1nnc2sc(NC(=O)[C@@H](CC)Oc3ccccc3)nn12. The Kier molecular flexibility index (Phi) is 5.05. The van der Waals surface area contributed by atoms with E-state index in [-0.39, 0.29) is 5.91 Å². The molecule has 0 unspecified atom stereocenters. The van der Waals surface area contributed by atoms with Gasteiger partial charge < -0.3 is 4.74 Å². The van der Waals surface area contributed by atoms with Gasteiger partial charge in [0.25, 0.3) is 5.91 Å². The first-order chi connectivity index (χ1) is 11.7. The van der Waals surface area contributed by atoms with Gasteiger partial charge in [-0.3, -0.25) is 10.1 Å². The smallest absolute Gasteiger partial charge is 0.267 e. The number of ether oxygens (including phenoxy) is 1. The van der Waals surface area contributed by atoms with Crippen molar-refractivity contribution in [2.45, 2.75) is 39.2 Å². The van der Waals surface area contributed by atoms with Crippen molar-refractivity contribution in [1.82, 2.24) is 19.8 Å². The molecule has 8 heteroatoms. The lowest BCUT2D eigenvalue weighted by Crippen LogP contribution is -2.32. The third kappa shape index (κ3) is 3.53. The number of carbonyl (C=O) groups excluding carboxylic acids is 1. The molecule has 24 heavy (non-hydrogen) atoms. The standard InChI is InChI=1S/C16H19N5O2S/c1-3-8-13-18-19-16-21(13)20-15(24-16)17-14(22)12(4-2)23-11-9-6-5-7-10-11/h5-7,9-10,12H,3-4,8H2,1-2H3,(H,17,20,22)/t12-/m1/s1. The minimum absolute atomic E-state index is 0.219. The summed E-state index contributed by atoms with van der Waals surface area (Å²) < 4.78 is 7.43. The maximum absolute atomic E-state index is 12.4. The highest BCUT2D eigenvalue weighted by Gasteiger charge is 2.21. The lowest BCUT2D eigenvalue weighted by Gasteiger charge is -2.16. The van der Waals surface area contributed by atoms with Crippen LogP contribution in [0.25, 0.3) is 4.96 Å². The van der Waals surface area contributed by atoms with E-state index in [9.17, 15) is 4.79 Å². The number of aromatic nitrogens is 4. The summed E-state index contributed by atoms with van der Waals surface area (Å²) in [6, 6.07) is 9.31. The Hall–Kier alpha value is -2.48. The molecule has 1 N–H and O–H groups in total. The maximum Gasteiger partial charge on any atom is 0.267 e. The Morgan fingerprint density at radius 2 is 2.08 bits per heavy atom. The van der Waals surface area contributed by atoms with Crippen molar-refractivity contribution in [3.63, 3.8) is 0 Å². The zero-order chi connectivity index (χ0) is 16.9. The first kappa shape index (κ1) is 16.4. The molecule has 2 aromatic heterocycles. The molecule has 0 saturated heterocycles.